The standard InChI is InChI=1S/C27H26N2O5/c1-32-22-12-7-16(14-23(22)33-2)13-17-8-11-20-25(19-5-3-4-6-21(19)29-26(17)20)27(31)34-15-24(30)28-18-9-10-18/h3-7,12-14,18H,8-11,15H2,1-2H3,(H,28,30). The largest absolute Gasteiger partial charge is 0.493 e. The van der Waals surface area contributed by atoms with Gasteiger partial charge in [0, 0.05) is 11.4 Å². The molecule has 0 spiro atoms. The van der Waals surface area contributed by atoms with E-state index in [0.29, 0.717) is 23.5 Å². The number of esters is 1. The van der Waals surface area contributed by atoms with E-state index in [0.717, 1.165) is 52.6 Å². The van der Waals surface area contributed by atoms with Gasteiger partial charge in [-0.15, -0.1) is 0 Å². The number of allylic oxidation sites excluding steroid dienone is 1. The monoisotopic (exact) mass is 458 g/mol. The number of amides is 1. The number of aromatic nitrogens is 1. The van der Waals surface area contributed by atoms with Crippen LogP contribution >= 0.6 is 0 Å². The fraction of sp³-hybridized carbons (Fsp3) is 0.296. The molecule has 0 radical (unpaired) electrons. The Balaban J connectivity index is 1.50. The quantitative estimate of drug-likeness (QED) is 0.535. The summed E-state index contributed by atoms with van der Waals surface area (Å²) in [4.78, 5) is 30.1. The van der Waals surface area contributed by atoms with Gasteiger partial charge in [0.25, 0.3) is 5.91 Å². The highest BCUT2D eigenvalue weighted by atomic mass is 16.5. The number of carbonyl (C=O) groups excluding carboxylic acids is 2. The first-order chi connectivity index (χ1) is 16.6. The third kappa shape index (κ3) is 4.33. The number of pyridine rings is 1. The zero-order chi connectivity index (χ0) is 23.7. The van der Waals surface area contributed by atoms with E-state index < -0.39 is 5.97 Å². The fourth-order valence-corrected chi connectivity index (χ4v) is 4.36. The van der Waals surface area contributed by atoms with Crippen molar-refractivity contribution in [2.24, 2.45) is 0 Å². The van der Waals surface area contributed by atoms with Crippen molar-refractivity contribution in [3.05, 3.63) is 64.8 Å². The summed E-state index contributed by atoms with van der Waals surface area (Å²) in [5.41, 5.74) is 4.86. The van der Waals surface area contributed by atoms with E-state index in [1.807, 2.05) is 42.5 Å². The van der Waals surface area contributed by atoms with Gasteiger partial charge in [-0.25, -0.2) is 9.78 Å². The average molecular weight is 459 g/mol. The van der Waals surface area contributed by atoms with E-state index >= 15 is 0 Å². The maximum Gasteiger partial charge on any atom is 0.339 e. The zero-order valence-corrected chi connectivity index (χ0v) is 19.2. The summed E-state index contributed by atoms with van der Waals surface area (Å²) in [7, 11) is 3.21. The Labute approximate surface area is 197 Å². The summed E-state index contributed by atoms with van der Waals surface area (Å²) in [6.07, 6.45) is 5.45. The SMILES string of the molecule is COc1ccc(C=C2CCc3c2nc2ccccc2c3C(=O)OCC(=O)NC2CC2)cc1OC. The van der Waals surface area contributed by atoms with Crippen LogP contribution in [0.25, 0.3) is 22.6 Å². The van der Waals surface area contributed by atoms with Gasteiger partial charge in [0.15, 0.2) is 18.1 Å². The molecule has 174 valence electrons. The number of methoxy groups -OCH3 is 2. The van der Waals surface area contributed by atoms with Crippen molar-refractivity contribution in [1.82, 2.24) is 10.3 Å². The summed E-state index contributed by atoms with van der Waals surface area (Å²) in [6.45, 7) is -0.283. The smallest absolute Gasteiger partial charge is 0.339 e. The maximum absolute atomic E-state index is 13.2. The van der Waals surface area contributed by atoms with Gasteiger partial charge in [-0.1, -0.05) is 24.3 Å². The van der Waals surface area contributed by atoms with Crippen molar-refractivity contribution in [1.29, 1.82) is 0 Å². The lowest BCUT2D eigenvalue weighted by atomic mass is 10.0. The minimum atomic E-state index is -0.492. The van der Waals surface area contributed by atoms with Crippen LogP contribution in [-0.2, 0) is 16.0 Å². The van der Waals surface area contributed by atoms with E-state index in [9.17, 15) is 9.59 Å². The Hall–Kier alpha value is -3.87. The van der Waals surface area contributed by atoms with Crippen LogP contribution in [0.3, 0.4) is 0 Å². The molecule has 2 aliphatic rings. The van der Waals surface area contributed by atoms with Crippen LogP contribution in [0.5, 0.6) is 11.5 Å². The van der Waals surface area contributed by atoms with E-state index in [1.165, 1.54) is 0 Å². The molecule has 7 heteroatoms. The summed E-state index contributed by atoms with van der Waals surface area (Å²) in [6, 6.07) is 13.5. The molecular formula is C27H26N2O5. The second-order valence-electron chi connectivity index (χ2n) is 8.53. The Kier molecular flexibility index (Phi) is 5.92. The number of benzene rings is 2. The molecule has 34 heavy (non-hydrogen) atoms. The lowest BCUT2D eigenvalue weighted by molar-refractivity contribution is -0.124. The van der Waals surface area contributed by atoms with Crippen molar-refractivity contribution in [2.45, 2.75) is 31.7 Å². The molecule has 0 unspecified atom stereocenters. The van der Waals surface area contributed by atoms with Crippen LogP contribution in [0.4, 0.5) is 0 Å². The Morgan fingerprint density at radius 3 is 2.62 bits per heavy atom. The molecule has 1 aromatic heterocycles. The van der Waals surface area contributed by atoms with E-state index in [2.05, 4.69) is 11.4 Å². The van der Waals surface area contributed by atoms with Gasteiger partial charge in [0.2, 0.25) is 0 Å². The topological polar surface area (TPSA) is 86.8 Å². The van der Waals surface area contributed by atoms with Gasteiger partial charge in [0.05, 0.1) is 31.0 Å². The van der Waals surface area contributed by atoms with Crippen LogP contribution in [0, 0.1) is 0 Å². The van der Waals surface area contributed by atoms with Crippen molar-refractivity contribution < 1.29 is 23.8 Å². The molecule has 0 bridgehead atoms. The highest BCUT2D eigenvalue weighted by Crippen LogP contribution is 2.38. The number of fused-ring (bicyclic) bond motifs is 2. The molecule has 0 atom stereocenters. The molecule has 2 aromatic carbocycles. The highest BCUT2D eigenvalue weighted by molar-refractivity contribution is 6.07. The van der Waals surface area contributed by atoms with E-state index in [-0.39, 0.29) is 18.6 Å². The van der Waals surface area contributed by atoms with Gasteiger partial charge in [-0.2, -0.15) is 0 Å². The number of rotatable bonds is 7. The predicted molar refractivity (Wildman–Crippen MR) is 129 cm³/mol. The zero-order valence-electron chi connectivity index (χ0n) is 19.2. The molecule has 2 aliphatic carbocycles. The predicted octanol–water partition coefficient (Wildman–Crippen LogP) is 4.17. The number of nitrogens with one attached hydrogen (secondary N) is 1. The number of nitrogens with zero attached hydrogens (tertiary/aromatic N) is 1. The highest BCUT2D eigenvalue weighted by Gasteiger charge is 2.29. The number of hydrogen-bond acceptors (Lipinski definition) is 6. The minimum absolute atomic E-state index is 0.224. The minimum Gasteiger partial charge on any atom is -0.493 e. The van der Waals surface area contributed by atoms with Crippen LogP contribution in [0.15, 0.2) is 42.5 Å². The summed E-state index contributed by atoms with van der Waals surface area (Å²) in [5.74, 6) is 0.555. The van der Waals surface area contributed by atoms with Crippen LogP contribution in [0.2, 0.25) is 0 Å². The number of carbonyl (C=O) groups is 2. The Morgan fingerprint density at radius 1 is 1.06 bits per heavy atom. The van der Waals surface area contributed by atoms with Gasteiger partial charge >= 0.3 is 5.97 Å². The third-order valence-electron chi connectivity index (χ3n) is 6.17. The lowest BCUT2D eigenvalue weighted by Crippen LogP contribution is -2.30. The Morgan fingerprint density at radius 2 is 1.85 bits per heavy atom. The molecule has 1 amide bonds. The normalized spacial score (nSPS) is 15.8. The molecule has 1 heterocycles. The molecular weight excluding hydrogens is 432 g/mol. The lowest BCUT2D eigenvalue weighted by Gasteiger charge is -2.12. The molecule has 0 aliphatic heterocycles. The first-order valence-electron chi connectivity index (χ1n) is 11.4. The second-order valence-corrected chi connectivity index (χ2v) is 8.53. The third-order valence-corrected chi connectivity index (χ3v) is 6.17. The average Bonchev–Trinajstić information content (AvgIpc) is 3.59. The molecule has 1 N–H and O–H groups in total. The van der Waals surface area contributed by atoms with Crippen molar-refractivity contribution in [3.8, 4) is 11.5 Å². The first-order valence-corrected chi connectivity index (χ1v) is 11.4. The van der Waals surface area contributed by atoms with Gasteiger partial charge in [-0.3, -0.25) is 4.79 Å². The number of hydrogen-bond donors (Lipinski definition) is 1. The molecule has 0 saturated heterocycles. The molecule has 5 rings (SSSR count). The van der Waals surface area contributed by atoms with Crippen LogP contribution < -0.4 is 14.8 Å². The van der Waals surface area contributed by atoms with E-state index in [1.54, 1.807) is 14.2 Å². The van der Waals surface area contributed by atoms with Crippen molar-refractivity contribution in [3.63, 3.8) is 0 Å². The first kappa shape index (κ1) is 21.9. The maximum atomic E-state index is 13.2. The summed E-state index contributed by atoms with van der Waals surface area (Å²) < 4.78 is 16.2. The summed E-state index contributed by atoms with van der Waals surface area (Å²) in [5, 5.41) is 3.58. The van der Waals surface area contributed by atoms with Gasteiger partial charge in [0.1, 0.15) is 0 Å². The Bertz CT molecular complexity index is 1310. The van der Waals surface area contributed by atoms with Crippen LogP contribution in [-0.4, -0.2) is 43.7 Å². The second kappa shape index (κ2) is 9.17. The molecule has 1 saturated carbocycles. The summed E-state index contributed by atoms with van der Waals surface area (Å²) >= 11 is 0. The fourth-order valence-electron chi connectivity index (χ4n) is 4.36. The number of ether oxygens (including phenoxy) is 3. The van der Waals surface area contributed by atoms with E-state index in [4.69, 9.17) is 19.2 Å². The molecule has 7 nitrogen and oxygen atoms in total. The van der Waals surface area contributed by atoms with Crippen LogP contribution in [0.1, 0.15) is 46.4 Å². The molecule has 3 aromatic rings. The number of para-hydroxylation sites is 1. The molecule has 1 fully saturated rings. The van der Waals surface area contributed by atoms with Gasteiger partial charge in [-0.05, 0) is 66.7 Å². The van der Waals surface area contributed by atoms with Gasteiger partial charge < -0.3 is 19.5 Å². The van der Waals surface area contributed by atoms with Crippen molar-refractivity contribution >= 4 is 34.4 Å². The van der Waals surface area contributed by atoms with Crippen molar-refractivity contribution in [2.75, 3.05) is 20.8 Å².